The molecule has 0 radical (unpaired) electrons. The number of aromatic nitrogens is 2. The van der Waals surface area contributed by atoms with Crippen LogP contribution in [-0.4, -0.2) is 70.0 Å². The highest BCUT2D eigenvalue weighted by Crippen LogP contribution is 2.21. The van der Waals surface area contributed by atoms with Crippen molar-refractivity contribution in [1.29, 1.82) is 0 Å². The molecule has 9 heteroatoms. The van der Waals surface area contributed by atoms with E-state index in [0.717, 1.165) is 44.1 Å². The summed E-state index contributed by atoms with van der Waals surface area (Å²) in [4.78, 5) is 21.7. The van der Waals surface area contributed by atoms with E-state index >= 15 is 0 Å². The number of nitrogens with zero attached hydrogens (tertiary/aromatic N) is 4. The summed E-state index contributed by atoms with van der Waals surface area (Å²) >= 11 is 0. The molecule has 4 heterocycles. The summed E-state index contributed by atoms with van der Waals surface area (Å²) < 4.78 is 7.38. The third kappa shape index (κ3) is 4.73. The van der Waals surface area contributed by atoms with E-state index in [1.54, 1.807) is 0 Å². The number of fused-ring (bicyclic) bond motifs is 1. The third-order valence-electron chi connectivity index (χ3n) is 5.27. The molecule has 2 aliphatic heterocycles. The summed E-state index contributed by atoms with van der Waals surface area (Å²) in [5.41, 5.74) is 7.63. The molecule has 0 aliphatic carbocycles. The molecular weight excluding hydrogens is 389 g/mol. The Morgan fingerprint density at radius 2 is 1.85 bits per heavy atom. The summed E-state index contributed by atoms with van der Waals surface area (Å²) in [5.74, 6) is 0.0863. The third-order valence-corrected chi connectivity index (χ3v) is 5.27. The van der Waals surface area contributed by atoms with Gasteiger partial charge in [-0.1, -0.05) is 6.07 Å². The lowest BCUT2D eigenvalue weighted by molar-refractivity contribution is -0.142. The van der Waals surface area contributed by atoms with Gasteiger partial charge in [0.25, 0.3) is 0 Å². The molecular formula is C18H27Cl2N5O2. The van der Waals surface area contributed by atoms with Gasteiger partial charge < -0.3 is 19.8 Å². The molecule has 7 nitrogen and oxygen atoms in total. The fourth-order valence-electron chi connectivity index (χ4n) is 3.67. The average molecular weight is 416 g/mol. The summed E-state index contributed by atoms with van der Waals surface area (Å²) in [6, 6.07) is 6.01. The molecule has 0 spiro atoms. The van der Waals surface area contributed by atoms with E-state index in [1.165, 1.54) is 0 Å². The highest BCUT2D eigenvalue weighted by atomic mass is 35.5. The number of halogens is 2. The van der Waals surface area contributed by atoms with Crippen molar-refractivity contribution in [2.24, 2.45) is 5.73 Å². The van der Waals surface area contributed by atoms with Crippen molar-refractivity contribution in [1.82, 2.24) is 19.2 Å². The van der Waals surface area contributed by atoms with Crippen LogP contribution < -0.4 is 5.73 Å². The van der Waals surface area contributed by atoms with Gasteiger partial charge in [-0.3, -0.25) is 9.69 Å². The number of carbonyl (C=O) groups excluding carboxylic acids is 1. The molecule has 1 amide bonds. The smallest absolute Gasteiger partial charge is 0.242 e. The molecule has 0 atom stereocenters. The van der Waals surface area contributed by atoms with Gasteiger partial charge in [0.2, 0.25) is 5.91 Å². The standard InChI is InChI=1S/C18H25N5O2.2ClH/c19-18(4-11-25-12-5-18)17(24)22-9-7-21(8-10-22)13-15-14-23-6-2-1-3-16(23)20-15;;/h1-3,6,14H,4-5,7-13,19H2;2*1H. The van der Waals surface area contributed by atoms with Crippen LogP contribution >= 0.6 is 24.8 Å². The predicted molar refractivity (Wildman–Crippen MR) is 109 cm³/mol. The Morgan fingerprint density at radius 3 is 2.52 bits per heavy atom. The number of hydrogen-bond donors (Lipinski definition) is 1. The molecule has 2 saturated heterocycles. The first-order valence-electron chi connectivity index (χ1n) is 8.95. The monoisotopic (exact) mass is 415 g/mol. The van der Waals surface area contributed by atoms with Crippen LogP contribution in [0.15, 0.2) is 30.6 Å². The van der Waals surface area contributed by atoms with Gasteiger partial charge in [-0.25, -0.2) is 4.98 Å². The van der Waals surface area contributed by atoms with Crippen molar-refractivity contribution in [2.75, 3.05) is 39.4 Å². The number of rotatable bonds is 3. The van der Waals surface area contributed by atoms with E-state index < -0.39 is 5.54 Å². The molecule has 0 unspecified atom stereocenters. The maximum absolute atomic E-state index is 12.8. The van der Waals surface area contributed by atoms with Gasteiger partial charge >= 0.3 is 0 Å². The summed E-state index contributed by atoms with van der Waals surface area (Å²) in [6.07, 6.45) is 5.32. The van der Waals surface area contributed by atoms with Crippen LogP contribution in [0.25, 0.3) is 5.65 Å². The van der Waals surface area contributed by atoms with E-state index in [2.05, 4.69) is 16.1 Å². The second kappa shape index (κ2) is 9.21. The number of nitrogens with two attached hydrogens (primary N) is 1. The zero-order valence-corrected chi connectivity index (χ0v) is 16.9. The molecule has 27 heavy (non-hydrogen) atoms. The molecule has 2 aromatic heterocycles. The topological polar surface area (TPSA) is 76.1 Å². The number of amides is 1. The van der Waals surface area contributed by atoms with E-state index in [-0.39, 0.29) is 30.7 Å². The maximum Gasteiger partial charge on any atom is 0.242 e. The fourth-order valence-corrected chi connectivity index (χ4v) is 3.67. The highest BCUT2D eigenvalue weighted by Gasteiger charge is 2.39. The summed E-state index contributed by atoms with van der Waals surface area (Å²) in [5, 5.41) is 0. The van der Waals surface area contributed by atoms with E-state index in [4.69, 9.17) is 10.5 Å². The van der Waals surface area contributed by atoms with Crippen molar-refractivity contribution in [2.45, 2.75) is 24.9 Å². The molecule has 2 fully saturated rings. The Hall–Kier alpha value is -1.38. The van der Waals surface area contributed by atoms with Gasteiger partial charge in [0.15, 0.2) is 0 Å². The zero-order chi connectivity index (χ0) is 17.3. The minimum absolute atomic E-state index is 0. The summed E-state index contributed by atoms with van der Waals surface area (Å²) in [6.45, 7) is 5.13. The largest absolute Gasteiger partial charge is 0.381 e. The number of imidazole rings is 1. The normalized spacial score (nSPS) is 20.0. The first kappa shape index (κ1) is 21.9. The van der Waals surface area contributed by atoms with Gasteiger partial charge in [-0.15, -0.1) is 24.8 Å². The Morgan fingerprint density at radius 1 is 1.15 bits per heavy atom. The van der Waals surface area contributed by atoms with Crippen LogP contribution in [0.5, 0.6) is 0 Å². The van der Waals surface area contributed by atoms with Crippen molar-refractivity contribution < 1.29 is 9.53 Å². The minimum atomic E-state index is -0.734. The molecule has 2 aromatic rings. The van der Waals surface area contributed by atoms with E-state index in [9.17, 15) is 4.79 Å². The zero-order valence-electron chi connectivity index (χ0n) is 15.2. The second-order valence-electron chi connectivity index (χ2n) is 7.04. The van der Waals surface area contributed by atoms with Crippen molar-refractivity contribution in [3.8, 4) is 0 Å². The van der Waals surface area contributed by atoms with Crippen LogP contribution in [0.4, 0.5) is 0 Å². The number of carbonyl (C=O) groups is 1. The van der Waals surface area contributed by atoms with Gasteiger partial charge in [0.05, 0.1) is 11.2 Å². The van der Waals surface area contributed by atoms with Crippen LogP contribution in [0.2, 0.25) is 0 Å². The minimum Gasteiger partial charge on any atom is -0.381 e. The molecule has 150 valence electrons. The molecule has 2 N–H and O–H groups in total. The Kier molecular flexibility index (Phi) is 7.47. The van der Waals surface area contributed by atoms with Crippen LogP contribution in [0.3, 0.4) is 0 Å². The first-order chi connectivity index (χ1) is 12.1. The van der Waals surface area contributed by atoms with Crippen LogP contribution in [-0.2, 0) is 16.1 Å². The Bertz CT molecular complexity index is 722. The lowest BCUT2D eigenvalue weighted by Crippen LogP contribution is -2.61. The molecule has 0 bridgehead atoms. The van der Waals surface area contributed by atoms with Crippen LogP contribution in [0, 0.1) is 0 Å². The predicted octanol–water partition coefficient (Wildman–Crippen LogP) is 1.33. The highest BCUT2D eigenvalue weighted by molar-refractivity contribution is 5.86. The fraction of sp³-hybridized carbons (Fsp3) is 0.556. The Labute approximate surface area is 171 Å². The number of ether oxygens (including phenoxy) is 1. The second-order valence-corrected chi connectivity index (χ2v) is 7.04. The number of hydrogen-bond acceptors (Lipinski definition) is 5. The van der Waals surface area contributed by atoms with Crippen molar-refractivity contribution >= 4 is 36.4 Å². The Balaban J connectivity index is 0.00000131. The van der Waals surface area contributed by atoms with Gasteiger partial charge in [-0.05, 0) is 25.0 Å². The van der Waals surface area contributed by atoms with Gasteiger partial charge in [0.1, 0.15) is 5.65 Å². The number of piperazine rings is 1. The average Bonchev–Trinajstić information content (AvgIpc) is 3.04. The lowest BCUT2D eigenvalue weighted by Gasteiger charge is -2.40. The van der Waals surface area contributed by atoms with E-state index in [0.29, 0.717) is 26.1 Å². The molecule has 2 aliphatic rings. The van der Waals surface area contributed by atoms with Crippen molar-refractivity contribution in [3.05, 3.63) is 36.3 Å². The van der Waals surface area contributed by atoms with Gasteiger partial charge in [-0.2, -0.15) is 0 Å². The van der Waals surface area contributed by atoms with Crippen molar-refractivity contribution in [3.63, 3.8) is 0 Å². The lowest BCUT2D eigenvalue weighted by atomic mass is 9.89. The van der Waals surface area contributed by atoms with Gasteiger partial charge in [0, 0.05) is 58.3 Å². The van der Waals surface area contributed by atoms with E-state index in [1.807, 2.05) is 33.7 Å². The first-order valence-corrected chi connectivity index (χ1v) is 8.95. The molecule has 0 saturated carbocycles. The molecule has 0 aromatic carbocycles. The maximum atomic E-state index is 12.8. The SMILES string of the molecule is Cl.Cl.NC1(C(=O)N2CCN(Cc3cn4ccccc4n3)CC2)CCOCC1. The quantitative estimate of drug-likeness (QED) is 0.817. The molecule has 4 rings (SSSR count). The number of pyridine rings is 1. The summed E-state index contributed by atoms with van der Waals surface area (Å²) in [7, 11) is 0. The van der Waals surface area contributed by atoms with Crippen LogP contribution in [0.1, 0.15) is 18.5 Å².